The predicted octanol–water partition coefficient (Wildman–Crippen LogP) is 4.93. The second-order valence-electron chi connectivity index (χ2n) is 7.56. The molecule has 2 aromatic carbocycles. The number of carbonyl (C=O) groups is 1. The Bertz CT molecular complexity index is 1000. The van der Waals surface area contributed by atoms with Crippen molar-refractivity contribution in [1.29, 1.82) is 0 Å². The van der Waals surface area contributed by atoms with Crippen molar-refractivity contribution >= 4 is 27.5 Å². The molecular weight excluding hydrogens is 444 g/mol. The van der Waals surface area contributed by atoms with Crippen molar-refractivity contribution in [1.82, 2.24) is 5.01 Å². The number of hydrogen-bond donors (Lipinski definition) is 0. The minimum absolute atomic E-state index is 0.0747. The molecule has 0 saturated carbocycles. The molecule has 1 heterocycles. The number of rotatable bonds is 6. The van der Waals surface area contributed by atoms with Crippen molar-refractivity contribution in [2.24, 2.45) is 16.9 Å². The Morgan fingerprint density at radius 3 is 2.47 bits per heavy atom. The van der Waals surface area contributed by atoms with E-state index in [0.717, 1.165) is 35.0 Å². The summed E-state index contributed by atoms with van der Waals surface area (Å²) in [5.74, 6) is 1.42. The third kappa shape index (κ3) is 4.01. The van der Waals surface area contributed by atoms with Gasteiger partial charge in [0.1, 0.15) is 0 Å². The first-order valence-electron chi connectivity index (χ1n) is 10.1. The number of carbonyl (C=O) groups excluding carboxylic acids is 1. The molecule has 2 aromatic rings. The van der Waals surface area contributed by atoms with Crippen LogP contribution in [0.15, 0.2) is 59.7 Å². The number of nitrogens with zero attached hydrogens (tertiary/aromatic N) is 2. The van der Waals surface area contributed by atoms with Crippen molar-refractivity contribution in [3.8, 4) is 11.5 Å². The zero-order valence-electron chi connectivity index (χ0n) is 17.2. The Hall–Kier alpha value is -2.60. The van der Waals surface area contributed by atoms with Gasteiger partial charge in [-0.25, -0.2) is 5.01 Å². The topological polar surface area (TPSA) is 51.1 Å². The van der Waals surface area contributed by atoms with Gasteiger partial charge in [-0.1, -0.05) is 52.3 Å². The molecule has 2 atom stereocenters. The maximum absolute atomic E-state index is 13.2. The Labute approximate surface area is 185 Å². The number of fused-ring (bicyclic) bond motifs is 1. The molecule has 4 rings (SSSR count). The highest BCUT2D eigenvalue weighted by molar-refractivity contribution is 9.08. The third-order valence-corrected chi connectivity index (χ3v) is 6.39. The highest BCUT2D eigenvalue weighted by Gasteiger charge is 2.40. The molecule has 0 saturated heterocycles. The first kappa shape index (κ1) is 20.7. The van der Waals surface area contributed by atoms with Gasteiger partial charge in [-0.05, 0) is 42.2 Å². The minimum Gasteiger partial charge on any atom is -0.493 e. The van der Waals surface area contributed by atoms with Gasteiger partial charge in [-0.3, -0.25) is 4.79 Å². The number of halogens is 1. The van der Waals surface area contributed by atoms with Crippen molar-refractivity contribution in [3.63, 3.8) is 0 Å². The largest absolute Gasteiger partial charge is 0.493 e. The van der Waals surface area contributed by atoms with Gasteiger partial charge in [0.15, 0.2) is 11.5 Å². The predicted molar refractivity (Wildman–Crippen MR) is 121 cm³/mol. The van der Waals surface area contributed by atoms with Crippen LogP contribution in [-0.2, 0) is 16.7 Å². The molecule has 0 aromatic heterocycles. The third-order valence-electron chi connectivity index (χ3n) is 5.74. The van der Waals surface area contributed by atoms with Gasteiger partial charge in [-0.2, -0.15) is 5.10 Å². The highest BCUT2D eigenvalue weighted by atomic mass is 79.9. The lowest BCUT2D eigenvalue weighted by atomic mass is 9.76. The highest BCUT2D eigenvalue weighted by Crippen LogP contribution is 2.37. The SMILES string of the molecule is COc1ccc(C2=NN(Cc3cccc(CBr)c3)C(=O)[C@H]3CC=CC[C@@H]23)cc1OC. The van der Waals surface area contributed by atoms with Crippen LogP contribution in [0.5, 0.6) is 11.5 Å². The van der Waals surface area contributed by atoms with Crippen LogP contribution in [-0.4, -0.2) is 30.8 Å². The lowest BCUT2D eigenvalue weighted by Crippen LogP contribution is -2.45. The van der Waals surface area contributed by atoms with E-state index in [0.29, 0.717) is 18.0 Å². The van der Waals surface area contributed by atoms with Crippen LogP contribution < -0.4 is 9.47 Å². The Morgan fingerprint density at radius 2 is 1.73 bits per heavy atom. The fourth-order valence-electron chi connectivity index (χ4n) is 4.20. The zero-order chi connectivity index (χ0) is 21.1. The molecule has 1 amide bonds. The molecule has 0 spiro atoms. The number of hydrazone groups is 1. The molecule has 0 bridgehead atoms. The van der Waals surface area contributed by atoms with Crippen LogP contribution in [0.2, 0.25) is 0 Å². The average Bonchev–Trinajstić information content (AvgIpc) is 2.80. The summed E-state index contributed by atoms with van der Waals surface area (Å²) >= 11 is 3.50. The van der Waals surface area contributed by atoms with Crippen molar-refractivity contribution < 1.29 is 14.3 Å². The summed E-state index contributed by atoms with van der Waals surface area (Å²) in [7, 11) is 3.25. The first-order valence-corrected chi connectivity index (χ1v) is 11.2. The van der Waals surface area contributed by atoms with Gasteiger partial charge < -0.3 is 9.47 Å². The van der Waals surface area contributed by atoms with Crippen molar-refractivity contribution in [2.45, 2.75) is 24.7 Å². The molecular formula is C24H25BrN2O3. The molecule has 156 valence electrons. The summed E-state index contributed by atoms with van der Waals surface area (Å²) in [5.41, 5.74) is 4.14. The number of benzene rings is 2. The first-order chi connectivity index (χ1) is 14.6. The van der Waals surface area contributed by atoms with E-state index in [2.05, 4.69) is 40.2 Å². The molecule has 0 N–H and O–H groups in total. The van der Waals surface area contributed by atoms with Crippen LogP contribution in [0.25, 0.3) is 0 Å². The number of alkyl halides is 1. The van der Waals surface area contributed by atoms with Crippen molar-refractivity contribution in [2.75, 3.05) is 14.2 Å². The van der Waals surface area contributed by atoms with Crippen LogP contribution in [0.1, 0.15) is 29.5 Å². The van der Waals surface area contributed by atoms with E-state index in [1.54, 1.807) is 19.2 Å². The number of ether oxygens (including phenoxy) is 2. The van der Waals surface area contributed by atoms with Crippen LogP contribution in [0, 0.1) is 11.8 Å². The molecule has 2 aliphatic rings. The lowest BCUT2D eigenvalue weighted by molar-refractivity contribution is -0.138. The van der Waals surface area contributed by atoms with E-state index in [9.17, 15) is 4.79 Å². The Morgan fingerprint density at radius 1 is 1.00 bits per heavy atom. The molecule has 5 nitrogen and oxygen atoms in total. The van der Waals surface area contributed by atoms with Gasteiger partial charge in [0.05, 0.1) is 32.4 Å². The monoisotopic (exact) mass is 468 g/mol. The standard InChI is InChI=1S/C24H25BrN2O3/c1-29-21-11-10-18(13-22(21)30-2)23-19-8-3-4-9-20(19)24(28)27(26-23)15-17-7-5-6-16(12-17)14-25/h3-7,10-13,19-20H,8-9,14-15H2,1-2H3/t19-,20+/m1/s1. The van der Waals surface area contributed by atoms with E-state index in [1.165, 1.54) is 5.56 Å². The van der Waals surface area contributed by atoms with E-state index in [-0.39, 0.29) is 17.7 Å². The molecule has 30 heavy (non-hydrogen) atoms. The normalized spacial score (nSPS) is 20.6. The van der Waals surface area contributed by atoms with Gasteiger partial charge in [0.25, 0.3) is 0 Å². The van der Waals surface area contributed by atoms with E-state index in [4.69, 9.17) is 14.6 Å². The molecule has 1 aliphatic heterocycles. The molecule has 6 heteroatoms. The van der Waals surface area contributed by atoms with E-state index >= 15 is 0 Å². The van der Waals surface area contributed by atoms with Gasteiger partial charge >= 0.3 is 0 Å². The average molecular weight is 469 g/mol. The van der Waals surface area contributed by atoms with Crippen molar-refractivity contribution in [3.05, 3.63) is 71.3 Å². The molecule has 0 fully saturated rings. The van der Waals surface area contributed by atoms with E-state index < -0.39 is 0 Å². The molecule has 0 unspecified atom stereocenters. The van der Waals surface area contributed by atoms with Gasteiger partial charge in [0, 0.05) is 16.8 Å². The number of allylic oxidation sites excluding steroid dienone is 2. The van der Waals surface area contributed by atoms with Gasteiger partial charge in [-0.15, -0.1) is 0 Å². The maximum Gasteiger partial charge on any atom is 0.247 e. The number of amides is 1. The van der Waals surface area contributed by atoms with E-state index in [1.807, 2.05) is 30.3 Å². The second-order valence-corrected chi connectivity index (χ2v) is 8.12. The second kappa shape index (κ2) is 9.04. The minimum atomic E-state index is -0.0880. The summed E-state index contributed by atoms with van der Waals surface area (Å²) in [6.45, 7) is 0.462. The zero-order valence-corrected chi connectivity index (χ0v) is 18.8. The summed E-state index contributed by atoms with van der Waals surface area (Å²) in [4.78, 5) is 13.2. The summed E-state index contributed by atoms with van der Waals surface area (Å²) < 4.78 is 10.9. The smallest absolute Gasteiger partial charge is 0.247 e. The molecule has 1 aliphatic carbocycles. The Kier molecular flexibility index (Phi) is 6.23. The molecule has 0 radical (unpaired) electrons. The van der Waals surface area contributed by atoms with Crippen LogP contribution >= 0.6 is 15.9 Å². The lowest BCUT2D eigenvalue weighted by Gasteiger charge is -2.37. The fourth-order valence-corrected chi connectivity index (χ4v) is 4.55. The van der Waals surface area contributed by atoms with Crippen LogP contribution in [0.4, 0.5) is 0 Å². The van der Waals surface area contributed by atoms with Gasteiger partial charge in [0.2, 0.25) is 5.91 Å². The quantitative estimate of drug-likeness (QED) is 0.446. The summed E-state index contributed by atoms with van der Waals surface area (Å²) in [5, 5.41) is 7.28. The van der Waals surface area contributed by atoms with Crippen LogP contribution in [0.3, 0.4) is 0 Å². The Balaban J connectivity index is 1.73. The summed E-state index contributed by atoms with van der Waals surface area (Å²) in [6.07, 6.45) is 5.82. The number of methoxy groups -OCH3 is 2. The number of hydrogen-bond acceptors (Lipinski definition) is 4. The maximum atomic E-state index is 13.2. The fraction of sp³-hybridized carbons (Fsp3) is 0.333. The summed E-state index contributed by atoms with van der Waals surface area (Å²) in [6, 6.07) is 14.1.